The van der Waals surface area contributed by atoms with E-state index in [0.717, 1.165) is 0 Å². The highest BCUT2D eigenvalue weighted by Crippen LogP contribution is 2.61. The van der Waals surface area contributed by atoms with Gasteiger partial charge in [0, 0.05) is 12.8 Å². The highest BCUT2D eigenvalue weighted by atomic mass is 32.2. The second-order valence-corrected chi connectivity index (χ2v) is 9.47. The molecule has 0 fully saturated rings. The predicted octanol–water partition coefficient (Wildman–Crippen LogP) is 6.92. The molecule has 4 nitrogen and oxygen atoms in total. The monoisotopic (exact) mass is 621 g/mol. The molecule has 0 spiro atoms. The molecule has 0 atom stereocenters. The van der Waals surface area contributed by atoms with Crippen molar-refractivity contribution in [2.24, 2.45) is 0 Å². The third-order valence-corrected chi connectivity index (χ3v) is 6.84. The Balaban J connectivity index is 0. The summed E-state index contributed by atoms with van der Waals surface area (Å²) in [5, 5.41) is -7.67. The van der Waals surface area contributed by atoms with Crippen molar-refractivity contribution in [1.82, 2.24) is 0 Å². The Labute approximate surface area is 208 Å². The van der Waals surface area contributed by atoms with E-state index in [9.17, 15) is 78.8 Å². The highest BCUT2D eigenvalue weighted by Gasteiger charge is 2.90. The number of halogens is 15. The fourth-order valence-corrected chi connectivity index (χ4v) is 3.42. The second kappa shape index (κ2) is 12.1. The van der Waals surface area contributed by atoms with E-state index in [1.54, 1.807) is 0 Å². The molecule has 0 aliphatic carbocycles. The first-order chi connectivity index (χ1) is 16.4. The van der Waals surface area contributed by atoms with E-state index in [1.807, 2.05) is 0 Å². The summed E-state index contributed by atoms with van der Waals surface area (Å²) in [5.41, 5.74) is 0. The Morgan fingerprint density at radius 2 is 0.868 bits per heavy atom. The summed E-state index contributed by atoms with van der Waals surface area (Å²) in [7, 11) is -7.92. The maximum absolute atomic E-state index is 13.2. The van der Waals surface area contributed by atoms with Crippen LogP contribution >= 0.6 is 0 Å². The topological polar surface area (TPSA) is 57.2 Å². The van der Waals surface area contributed by atoms with Gasteiger partial charge in [0.25, 0.3) is 0 Å². The van der Waals surface area contributed by atoms with Gasteiger partial charge in [-0.05, 0) is 34.1 Å². The maximum Gasteiger partial charge on any atom is 0.402 e. The zero-order chi connectivity index (χ0) is 31.4. The molecule has 0 aromatic heterocycles. The predicted molar refractivity (Wildman–Crippen MR) is 102 cm³/mol. The number of nitrogens with zero attached hydrogens (tertiary/aromatic N) is 1. The van der Waals surface area contributed by atoms with E-state index in [4.69, 9.17) is 0 Å². The average molecular weight is 621 g/mol. The summed E-state index contributed by atoms with van der Waals surface area (Å²) in [5.74, 6) is -38.9. The first-order valence-corrected chi connectivity index (χ1v) is 12.0. The van der Waals surface area contributed by atoms with Crippen molar-refractivity contribution in [3.8, 4) is 0 Å². The van der Waals surface area contributed by atoms with E-state index in [1.165, 1.54) is 30.7 Å². The van der Waals surface area contributed by atoms with Crippen LogP contribution in [0.1, 0.15) is 47.0 Å². The van der Waals surface area contributed by atoms with E-state index in [0.29, 0.717) is 0 Å². The van der Waals surface area contributed by atoms with Crippen molar-refractivity contribution in [2.45, 2.75) is 88.0 Å². The Morgan fingerprint density at radius 1 is 0.553 bits per heavy atom. The summed E-state index contributed by atoms with van der Waals surface area (Å²) >= 11 is 0. The summed E-state index contributed by atoms with van der Waals surface area (Å²) in [6.45, 7) is 14.2. The molecule has 0 amide bonds. The molecule has 0 unspecified atom stereocenters. The van der Waals surface area contributed by atoms with Gasteiger partial charge in [0.2, 0.25) is 0 Å². The van der Waals surface area contributed by atoms with Crippen LogP contribution in [-0.2, 0) is 10.1 Å². The highest BCUT2D eigenvalue weighted by molar-refractivity contribution is 7.86. The Morgan fingerprint density at radius 3 is 1.11 bits per heavy atom. The minimum absolute atomic E-state index is 1.28. The number of quaternary nitrogens is 1. The fraction of sp³-hybridized carbons (Fsp3) is 1.00. The van der Waals surface area contributed by atoms with Crippen molar-refractivity contribution in [3.05, 3.63) is 0 Å². The van der Waals surface area contributed by atoms with Gasteiger partial charge in [-0.25, -0.2) is 8.42 Å². The summed E-state index contributed by atoms with van der Waals surface area (Å²) < 4.78 is 224. The van der Waals surface area contributed by atoms with Crippen LogP contribution in [0.3, 0.4) is 0 Å². The number of hydrogen-bond acceptors (Lipinski definition) is 3. The van der Waals surface area contributed by atoms with Gasteiger partial charge in [-0.1, -0.05) is 0 Å². The molecule has 0 rings (SSSR count). The van der Waals surface area contributed by atoms with Crippen molar-refractivity contribution < 1.29 is 83.3 Å². The molecule has 0 aromatic carbocycles. The van der Waals surface area contributed by atoms with Gasteiger partial charge >= 0.3 is 41.0 Å². The van der Waals surface area contributed by atoms with Gasteiger partial charge in [-0.2, -0.15) is 65.9 Å². The normalized spacial score (nSPS) is 15.3. The lowest BCUT2D eigenvalue weighted by molar-refractivity contribution is -0.921. The van der Waals surface area contributed by atoms with Gasteiger partial charge in [0.15, 0.2) is 10.1 Å². The van der Waals surface area contributed by atoms with Crippen LogP contribution in [0.15, 0.2) is 0 Å². The van der Waals surface area contributed by atoms with E-state index < -0.39 is 70.4 Å². The first-order valence-electron chi connectivity index (χ1n) is 10.6. The van der Waals surface area contributed by atoms with E-state index in [-0.39, 0.29) is 0 Å². The molecular formula is C18H26F15NO3S. The Hall–Kier alpha value is -1.18. The number of rotatable bonds is 13. The molecule has 0 bridgehead atoms. The molecule has 0 N–H and O–H groups in total. The zero-order valence-corrected chi connectivity index (χ0v) is 21.0. The molecule has 0 aliphatic rings. The zero-order valence-electron chi connectivity index (χ0n) is 20.2. The molecule has 0 saturated heterocycles. The van der Waals surface area contributed by atoms with Crippen molar-refractivity contribution in [1.29, 1.82) is 0 Å². The third kappa shape index (κ3) is 7.51. The molecule has 0 aromatic rings. The van der Waals surface area contributed by atoms with Gasteiger partial charge in [0.05, 0.1) is 26.2 Å². The standard InChI is InChI=1S/C10H7F15O3S.C8H20N/c11-4(12,2-1-3-5(13,14)15)6(16,17)7(18,19)8(20,21)9(22,23)10(24,25)29(26,27)28;1-5-9(6-2,7-3)8-4/h1-3H2,(H,26,27,28);5-8H2,1-4H3/q;+1/p-1. The Bertz CT molecular complexity index is 836. The molecule has 0 heterocycles. The van der Waals surface area contributed by atoms with Crippen LogP contribution in [0.25, 0.3) is 0 Å². The lowest BCUT2D eigenvalue weighted by Gasteiger charge is -2.41. The van der Waals surface area contributed by atoms with Crippen LogP contribution in [0, 0.1) is 0 Å². The average Bonchev–Trinajstić information content (AvgIpc) is 2.73. The van der Waals surface area contributed by atoms with E-state index in [2.05, 4.69) is 27.7 Å². The van der Waals surface area contributed by atoms with Crippen LogP contribution in [0.5, 0.6) is 0 Å². The number of hydrogen-bond donors (Lipinski definition) is 0. The maximum atomic E-state index is 13.2. The largest absolute Gasteiger partial charge is 0.743 e. The molecule has 38 heavy (non-hydrogen) atoms. The molecule has 0 radical (unpaired) electrons. The van der Waals surface area contributed by atoms with Crippen molar-refractivity contribution in [2.75, 3.05) is 26.2 Å². The van der Waals surface area contributed by atoms with Gasteiger partial charge < -0.3 is 9.04 Å². The van der Waals surface area contributed by atoms with Crippen molar-refractivity contribution >= 4 is 10.1 Å². The quantitative estimate of drug-likeness (QED) is 0.128. The van der Waals surface area contributed by atoms with Crippen LogP contribution in [0.2, 0.25) is 0 Å². The lowest BCUT2D eigenvalue weighted by Crippen LogP contribution is -2.71. The fourth-order valence-electron chi connectivity index (χ4n) is 2.97. The number of alkyl halides is 15. The molecule has 0 saturated carbocycles. The van der Waals surface area contributed by atoms with Gasteiger partial charge in [-0.15, -0.1) is 0 Å². The van der Waals surface area contributed by atoms with E-state index >= 15 is 0 Å². The summed E-state index contributed by atoms with van der Waals surface area (Å²) in [4.78, 5) is 0. The van der Waals surface area contributed by atoms with Crippen LogP contribution in [-0.4, -0.2) is 84.7 Å². The van der Waals surface area contributed by atoms with Gasteiger partial charge in [0.1, 0.15) is 0 Å². The minimum Gasteiger partial charge on any atom is -0.743 e. The second-order valence-electron chi connectivity index (χ2n) is 8.05. The Kier molecular flexibility index (Phi) is 12.4. The molecule has 0 aliphatic heterocycles. The smallest absolute Gasteiger partial charge is 0.402 e. The summed E-state index contributed by atoms with van der Waals surface area (Å²) in [6.07, 6.45) is -12.7. The SMILES string of the molecule is CC[N+](CC)(CC)CC.O=S(=O)([O-])C(F)(F)C(F)(F)C(F)(F)C(F)(F)C(F)(F)C(F)(F)CCCC(F)(F)F. The lowest BCUT2D eigenvalue weighted by atomic mass is 9.92. The molecular weight excluding hydrogens is 595 g/mol. The summed E-state index contributed by atoms with van der Waals surface area (Å²) in [6, 6.07) is 0. The van der Waals surface area contributed by atoms with Crippen LogP contribution < -0.4 is 0 Å². The minimum atomic E-state index is -8.29. The first kappa shape index (κ1) is 39.0. The molecule has 232 valence electrons. The third-order valence-electron chi connectivity index (χ3n) is 5.96. The van der Waals surface area contributed by atoms with Crippen molar-refractivity contribution in [3.63, 3.8) is 0 Å². The van der Waals surface area contributed by atoms with Crippen LogP contribution in [0.4, 0.5) is 65.9 Å². The molecule has 20 heteroatoms. The van der Waals surface area contributed by atoms with Gasteiger partial charge in [-0.3, -0.25) is 0 Å².